The van der Waals surface area contributed by atoms with Gasteiger partial charge in [0, 0.05) is 36.3 Å². The van der Waals surface area contributed by atoms with E-state index in [0.717, 1.165) is 44.6 Å². The van der Waals surface area contributed by atoms with Crippen molar-refractivity contribution in [2.45, 2.75) is 39.2 Å². The molecular weight excluding hydrogens is 302 g/mol. The highest BCUT2D eigenvalue weighted by molar-refractivity contribution is 5.97. The molecule has 0 radical (unpaired) electrons. The van der Waals surface area contributed by atoms with Crippen LogP contribution in [0, 0.1) is 11.8 Å². The Morgan fingerprint density at radius 1 is 1.29 bits per heavy atom. The molecule has 0 spiro atoms. The Hall–Kier alpha value is -1.88. The van der Waals surface area contributed by atoms with E-state index in [1.54, 1.807) is 0 Å². The fourth-order valence-electron chi connectivity index (χ4n) is 3.38. The number of nitrogens with one attached hydrogen (secondary N) is 2. The van der Waals surface area contributed by atoms with E-state index in [0.29, 0.717) is 11.5 Å². The quantitative estimate of drug-likeness (QED) is 0.843. The Kier molecular flexibility index (Phi) is 5.19. The van der Waals surface area contributed by atoms with Crippen molar-refractivity contribution in [3.63, 3.8) is 0 Å². The summed E-state index contributed by atoms with van der Waals surface area (Å²) >= 11 is 0. The van der Waals surface area contributed by atoms with Crippen LogP contribution in [0.5, 0.6) is 0 Å². The van der Waals surface area contributed by atoms with Crippen LogP contribution in [0.2, 0.25) is 0 Å². The molecule has 0 bridgehead atoms. The van der Waals surface area contributed by atoms with Gasteiger partial charge >= 0.3 is 0 Å². The molecule has 130 valence electrons. The van der Waals surface area contributed by atoms with Crippen molar-refractivity contribution in [2.24, 2.45) is 11.8 Å². The van der Waals surface area contributed by atoms with E-state index < -0.39 is 0 Å². The molecule has 1 saturated carbocycles. The standard InChI is InChI=1S/C19H27N3O2/c1-3-10-22(16-8-9-20-12-16)19(24)14-4-6-15(7-5-14)21-18(23)17-11-13(17)2/h4-7,13,16-17,20H,3,8-12H2,1-2H3,(H,21,23). The normalized spacial score (nSPS) is 25.3. The van der Waals surface area contributed by atoms with Crippen LogP contribution in [-0.2, 0) is 4.79 Å². The Morgan fingerprint density at radius 3 is 2.54 bits per heavy atom. The summed E-state index contributed by atoms with van der Waals surface area (Å²) in [6.07, 6.45) is 2.94. The van der Waals surface area contributed by atoms with Gasteiger partial charge in [0.1, 0.15) is 0 Å². The number of amides is 2. The van der Waals surface area contributed by atoms with Crippen molar-refractivity contribution < 1.29 is 9.59 Å². The summed E-state index contributed by atoms with van der Waals surface area (Å²) in [4.78, 5) is 26.8. The van der Waals surface area contributed by atoms with Gasteiger partial charge in [-0.05, 0) is 56.0 Å². The van der Waals surface area contributed by atoms with Gasteiger partial charge in [0.15, 0.2) is 0 Å². The fraction of sp³-hybridized carbons (Fsp3) is 0.579. The first-order valence-electron chi connectivity index (χ1n) is 9.02. The topological polar surface area (TPSA) is 61.4 Å². The van der Waals surface area contributed by atoms with E-state index in [-0.39, 0.29) is 23.8 Å². The second-order valence-corrected chi connectivity index (χ2v) is 7.03. The molecule has 1 heterocycles. The maximum atomic E-state index is 12.8. The lowest BCUT2D eigenvalue weighted by atomic mass is 10.1. The summed E-state index contributed by atoms with van der Waals surface area (Å²) in [5.41, 5.74) is 1.45. The van der Waals surface area contributed by atoms with Crippen LogP contribution in [-0.4, -0.2) is 42.4 Å². The summed E-state index contributed by atoms with van der Waals surface area (Å²) in [6, 6.07) is 7.58. The van der Waals surface area contributed by atoms with E-state index in [4.69, 9.17) is 0 Å². The zero-order valence-corrected chi connectivity index (χ0v) is 14.5. The molecule has 1 saturated heterocycles. The number of rotatable bonds is 6. The second-order valence-electron chi connectivity index (χ2n) is 7.03. The number of benzene rings is 1. The highest BCUT2D eigenvalue weighted by Gasteiger charge is 2.39. The van der Waals surface area contributed by atoms with Crippen LogP contribution in [0.15, 0.2) is 24.3 Å². The van der Waals surface area contributed by atoms with Crippen LogP contribution in [0.3, 0.4) is 0 Å². The molecule has 1 aliphatic carbocycles. The Morgan fingerprint density at radius 2 is 2.00 bits per heavy atom. The van der Waals surface area contributed by atoms with Gasteiger partial charge in [-0.15, -0.1) is 0 Å². The first kappa shape index (κ1) is 17.0. The van der Waals surface area contributed by atoms with Gasteiger partial charge in [-0.1, -0.05) is 13.8 Å². The summed E-state index contributed by atoms with van der Waals surface area (Å²) in [7, 11) is 0. The minimum Gasteiger partial charge on any atom is -0.334 e. The lowest BCUT2D eigenvalue weighted by Gasteiger charge is -2.28. The Bertz CT molecular complexity index is 593. The number of hydrogen-bond donors (Lipinski definition) is 2. The zero-order valence-electron chi connectivity index (χ0n) is 14.5. The van der Waals surface area contributed by atoms with Gasteiger partial charge in [0.05, 0.1) is 0 Å². The molecule has 3 unspecified atom stereocenters. The lowest BCUT2D eigenvalue weighted by molar-refractivity contribution is -0.117. The first-order chi connectivity index (χ1) is 11.6. The number of carbonyl (C=O) groups is 2. The van der Waals surface area contributed by atoms with Crippen molar-refractivity contribution in [1.29, 1.82) is 0 Å². The molecule has 1 aromatic carbocycles. The van der Waals surface area contributed by atoms with Crippen LogP contribution >= 0.6 is 0 Å². The van der Waals surface area contributed by atoms with Gasteiger partial charge in [0.25, 0.3) is 5.91 Å². The number of anilines is 1. The van der Waals surface area contributed by atoms with E-state index in [2.05, 4.69) is 24.5 Å². The van der Waals surface area contributed by atoms with Crippen molar-refractivity contribution in [2.75, 3.05) is 25.0 Å². The van der Waals surface area contributed by atoms with Gasteiger partial charge < -0.3 is 15.5 Å². The molecule has 2 aliphatic rings. The highest BCUT2D eigenvalue weighted by Crippen LogP contribution is 2.38. The third-order valence-corrected chi connectivity index (χ3v) is 5.05. The maximum absolute atomic E-state index is 12.8. The van der Waals surface area contributed by atoms with Gasteiger partial charge in [0.2, 0.25) is 5.91 Å². The minimum atomic E-state index is 0.0826. The fourth-order valence-corrected chi connectivity index (χ4v) is 3.38. The summed E-state index contributed by atoms with van der Waals surface area (Å²) < 4.78 is 0. The molecule has 5 heteroatoms. The van der Waals surface area contributed by atoms with Crippen LogP contribution < -0.4 is 10.6 Å². The van der Waals surface area contributed by atoms with Gasteiger partial charge in [-0.25, -0.2) is 0 Å². The summed E-state index contributed by atoms with van der Waals surface area (Å²) in [6.45, 7) is 6.82. The second kappa shape index (κ2) is 7.34. The Balaban J connectivity index is 1.64. The van der Waals surface area contributed by atoms with Crippen LogP contribution in [0.4, 0.5) is 5.69 Å². The van der Waals surface area contributed by atoms with E-state index in [1.807, 2.05) is 29.2 Å². The Labute approximate surface area is 143 Å². The molecule has 3 rings (SSSR count). The number of carbonyl (C=O) groups excluding carboxylic acids is 2. The predicted molar refractivity (Wildman–Crippen MR) is 94.9 cm³/mol. The molecule has 24 heavy (non-hydrogen) atoms. The van der Waals surface area contributed by atoms with Crippen molar-refractivity contribution in [3.05, 3.63) is 29.8 Å². The lowest BCUT2D eigenvalue weighted by Crippen LogP contribution is -2.42. The molecular formula is C19H27N3O2. The van der Waals surface area contributed by atoms with E-state index >= 15 is 0 Å². The van der Waals surface area contributed by atoms with Gasteiger partial charge in [-0.3, -0.25) is 9.59 Å². The largest absolute Gasteiger partial charge is 0.334 e. The van der Waals surface area contributed by atoms with Crippen LogP contribution in [0.1, 0.15) is 43.5 Å². The first-order valence-corrected chi connectivity index (χ1v) is 9.02. The van der Waals surface area contributed by atoms with Gasteiger partial charge in [-0.2, -0.15) is 0 Å². The molecule has 1 aromatic rings. The number of nitrogens with zero attached hydrogens (tertiary/aromatic N) is 1. The smallest absolute Gasteiger partial charge is 0.254 e. The molecule has 2 amide bonds. The van der Waals surface area contributed by atoms with Crippen LogP contribution in [0.25, 0.3) is 0 Å². The third-order valence-electron chi connectivity index (χ3n) is 5.05. The SMILES string of the molecule is CCCN(C(=O)c1ccc(NC(=O)C2CC2C)cc1)C1CCNC1. The average molecular weight is 329 g/mol. The molecule has 3 atom stereocenters. The molecule has 2 fully saturated rings. The van der Waals surface area contributed by atoms with Crippen molar-refractivity contribution in [1.82, 2.24) is 10.2 Å². The molecule has 2 N–H and O–H groups in total. The highest BCUT2D eigenvalue weighted by atomic mass is 16.2. The zero-order chi connectivity index (χ0) is 17.1. The van der Waals surface area contributed by atoms with Crippen molar-refractivity contribution in [3.8, 4) is 0 Å². The number of hydrogen-bond acceptors (Lipinski definition) is 3. The maximum Gasteiger partial charge on any atom is 0.254 e. The van der Waals surface area contributed by atoms with E-state index in [1.165, 1.54) is 0 Å². The molecule has 5 nitrogen and oxygen atoms in total. The summed E-state index contributed by atoms with van der Waals surface area (Å²) in [5.74, 6) is 0.820. The molecule has 1 aliphatic heterocycles. The summed E-state index contributed by atoms with van der Waals surface area (Å²) in [5, 5.41) is 6.26. The van der Waals surface area contributed by atoms with Crippen molar-refractivity contribution >= 4 is 17.5 Å². The third kappa shape index (κ3) is 3.78. The average Bonchev–Trinajstić information content (AvgIpc) is 3.09. The minimum absolute atomic E-state index is 0.0826. The van der Waals surface area contributed by atoms with E-state index in [9.17, 15) is 9.59 Å². The monoisotopic (exact) mass is 329 g/mol. The molecule has 0 aromatic heterocycles. The predicted octanol–water partition coefficient (Wildman–Crippen LogP) is 2.50.